The third-order valence-corrected chi connectivity index (χ3v) is 0.559. The summed E-state index contributed by atoms with van der Waals surface area (Å²) >= 11 is 0. The van der Waals surface area contributed by atoms with Crippen molar-refractivity contribution in [3.05, 3.63) is 0 Å². The zero-order valence-electron chi connectivity index (χ0n) is 4.66. The van der Waals surface area contributed by atoms with Gasteiger partial charge in [0.1, 0.15) is 17.2 Å². The number of nitrogens with zero attached hydrogens (tertiary/aromatic N) is 2. The molecule has 0 aromatic rings. The average molecular weight is 131 g/mol. The molecule has 0 saturated heterocycles. The first-order valence-electron chi connectivity index (χ1n) is 2.27. The summed E-state index contributed by atoms with van der Waals surface area (Å²) < 4.78 is 0. The number of amides is 1. The maximum atomic E-state index is 9.73. The molecule has 1 amide bonds. The normalized spacial score (nSPS) is 7.56. The minimum absolute atomic E-state index is 0.206. The van der Waals surface area contributed by atoms with Crippen LogP contribution in [-0.2, 0) is 0 Å². The van der Waals surface area contributed by atoms with Crippen LogP contribution in [0.5, 0.6) is 0 Å². The summed E-state index contributed by atoms with van der Waals surface area (Å²) in [6, 6.07) is 0. The van der Waals surface area contributed by atoms with E-state index in [1.165, 1.54) is 0 Å². The molecule has 0 spiro atoms. The molecule has 0 aliphatic carbocycles. The van der Waals surface area contributed by atoms with E-state index in [4.69, 9.17) is 10.6 Å². The van der Waals surface area contributed by atoms with Crippen LogP contribution < -0.4 is 10.2 Å². The highest BCUT2D eigenvalue weighted by Gasteiger charge is 1.92. The van der Waals surface area contributed by atoms with E-state index in [-0.39, 0.29) is 13.1 Å². The third kappa shape index (κ3) is 6.58. The van der Waals surface area contributed by atoms with Crippen molar-refractivity contribution in [3.8, 4) is 0 Å². The van der Waals surface area contributed by atoms with Crippen molar-refractivity contribution in [2.75, 3.05) is 13.1 Å². The molecule has 0 radical (unpaired) electrons. The van der Waals surface area contributed by atoms with Gasteiger partial charge in [-0.2, -0.15) is 0 Å². The highest BCUT2D eigenvalue weighted by atomic mass is 16.4. The Balaban J connectivity index is 3.10. The molecule has 9 heavy (non-hydrogen) atoms. The lowest BCUT2D eigenvalue weighted by Crippen LogP contribution is -2.23. The van der Waals surface area contributed by atoms with Gasteiger partial charge in [-0.15, -0.1) is 0 Å². The van der Waals surface area contributed by atoms with E-state index in [1.807, 2.05) is 0 Å². The summed E-state index contributed by atoms with van der Waals surface area (Å²) in [7, 11) is 0. The lowest BCUT2D eigenvalue weighted by atomic mass is 10.6. The van der Waals surface area contributed by atoms with E-state index in [0.717, 1.165) is 0 Å². The molecular formula is C3H7N4O2+. The minimum Gasteiger partial charge on any atom is -0.465 e. The second-order valence-electron chi connectivity index (χ2n) is 1.20. The fourth-order valence-corrected chi connectivity index (χ4v) is 0.263. The maximum absolute atomic E-state index is 9.73. The summed E-state index contributed by atoms with van der Waals surface area (Å²) in [4.78, 5) is 12.4. The van der Waals surface area contributed by atoms with Gasteiger partial charge in [0.25, 0.3) is 0 Å². The molecule has 0 aromatic carbocycles. The van der Waals surface area contributed by atoms with Crippen LogP contribution in [0.4, 0.5) is 4.79 Å². The average Bonchev–Trinajstić information content (AvgIpc) is 1.80. The summed E-state index contributed by atoms with van der Waals surface area (Å²) in [6.07, 6.45) is -1.09. The van der Waals surface area contributed by atoms with Crippen LogP contribution in [0, 0.1) is 5.53 Å². The van der Waals surface area contributed by atoms with Gasteiger partial charge in [0.2, 0.25) is 4.91 Å². The van der Waals surface area contributed by atoms with Crippen LogP contribution in [0.2, 0.25) is 0 Å². The van der Waals surface area contributed by atoms with Crippen molar-refractivity contribution >= 4 is 6.09 Å². The van der Waals surface area contributed by atoms with E-state index in [2.05, 4.69) is 15.3 Å². The molecule has 50 valence electrons. The molecule has 0 fully saturated rings. The maximum Gasteiger partial charge on any atom is 0.404 e. The van der Waals surface area contributed by atoms with Crippen LogP contribution in [-0.4, -0.2) is 24.3 Å². The molecular weight excluding hydrogens is 124 g/mol. The molecule has 6 nitrogen and oxygen atoms in total. The largest absolute Gasteiger partial charge is 0.465 e. The fourth-order valence-electron chi connectivity index (χ4n) is 0.263. The summed E-state index contributed by atoms with van der Waals surface area (Å²) in [5.74, 6) is 0. The molecule has 6 heteroatoms. The molecule has 0 unspecified atom stereocenters. The number of hydrogen-bond donors (Lipinski definition) is 3. The van der Waals surface area contributed by atoms with Crippen molar-refractivity contribution in [2.24, 2.45) is 5.11 Å². The highest BCUT2D eigenvalue weighted by Crippen LogP contribution is 1.63. The molecule has 0 atom stereocenters. The number of carbonyl (C=O) groups is 1. The van der Waals surface area contributed by atoms with E-state index in [9.17, 15) is 4.79 Å². The van der Waals surface area contributed by atoms with Gasteiger partial charge in [0.15, 0.2) is 0 Å². The Labute approximate surface area is 51.1 Å². The Hall–Kier alpha value is -1.42. The van der Waals surface area contributed by atoms with Gasteiger partial charge >= 0.3 is 6.09 Å². The summed E-state index contributed by atoms with van der Waals surface area (Å²) in [5.41, 5.74) is 6.17. The highest BCUT2D eigenvalue weighted by molar-refractivity contribution is 5.64. The second kappa shape index (κ2) is 4.73. The molecule has 0 aliphatic rings. The molecule has 3 N–H and O–H groups in total. The molecule has 0 aromatic heterocycles. The Morgan fingerprint density at radius 1 is 1.89 bits per heavy atom. The van der Waals surface area contributed by atoms with E-state index in [0.29, 0.717) is 0 Å². The number of hydrogen-bond acceptors (Lipinski definition) is 3. The second-order valence-corrected chi connectivity index (χ2v) is 1.20. The standard InChI is InChI=1S/C3H6N4O2/c4-7-6-2-1-5-3(8)9/h4-5H,1-2H2/p+1. The lowest BCUT2D eigenvalue weighted by Gasteiger charge is -1.89. The first-order chi connectivity index (χ1) is 4.27. The minimum atomic E-state index is -1.09. The Morgan fingerprint density at radius 3 is 3.00 bits per heavy atom. The van der Waals surface area contributed by atoms with Gasteiger partial charge in [0, 0.05) is 6.54 Å². The van der Waals surface area contributed by atoms with Gasteiger partial charge in [-0.25, -0.2) is 4.79 Å². The van der Waals surface area contributed by atoms with Crippen LogP contribution in [0.1, 0.15) is 0 Å². The molecule has 0 saturated carbocycles. The Bertz CT molecular complexity index is 137. The van der Waals surface area contributed by atoms with Crippen molar-refractivity contribution < 1.29 is 9.90 Å². The van der Waals surface area contributed by atoms with Crippen molar-refractivity contribution in [1.29, 1.82) is 5.53 Å². The lowest BCUT2D eigenvalue weighted by molar-refractivity contribution is 0.195. The van der Waals surface area contributed by atoms with E-state index < -0.39 is 6.09 Å². The van der Waals surface area contributed by atoms with Crippen molar-refractivity contribution in [3.63, 3.8) is 0 Å². The first kappa shape index (κ1) is 7.58. The van der Waals surface area contributed by atoms with Gasteiger partial charge in [-0.05, 0) is 0 Å². The van der Waals surface area contributed by atoms with Crippen LogP contribution >= 0.6 is 0 Å². The zero-order chi connectivity index (χ0) is 7.11. The predicted octanol–water partition coefficient (Wildman–Crippen LogP) is -0.196. The summed E-state index contributed by atoms with van der Waals surface area (Å²) in [6.45, 7) is 0.424. The smallest absolute Gasteiger partial charge is 0.404 e. The Morgan fingerprint density at radius 2 is 2.56 bits per heavy atom. The van der Waals surface area contributed by atoms with Gasteiger partial charge < -0.3 is 10.4 Å². The molecule has 0 bridgehead atoms. The monoisotopic (exact) mass is 131 g/mol. The first-order valence-corrected chi connectivity index (χ1v) is 2.27. The SMILES string of the molecule is N=[N+]=NCCNC(=O)O. The van der Waals surface area contributed by atoms with Crippen LogP contribution in [0.3, 0.4) is 0 Å². The Kier molecular flexibility index (Phi) is 3.99. The zero-order valence-corrected chi connectivity index (χ0v) is 4.66. The molecule has 0 heterocycles. The van der Waals surface area contributed by atoms with Crippen molar-refractivity contribution in [1.82, 2.24) is 10.2 Å². The van der Waals surface area contributed by atoms with E-state index >= 15 is 0 Å². The van der Waals surface area contributed by atoms with Gasteiger partial charge in [-0.1, -0.05) is 0 Å². The quantitative estimate of drug-likeness (QED) is 0.281. The number of rotatable bonds is 3. The van der Waals surface area contributed by atoms with E-state index in [1.54, 1.807) is 0 Å². The number of carboxylic acid groups (broad SMARTS) is 1. The topological polar surface area (TPSA) is 99.6 Å². The van der Waals surface area contributed by atoms with Crippen LogP contribution in [0.25, 0.3) is 0 Å². The molecule has 0 rings (SSSR count). The fraction of sp³-hybridized carbons (Fsp3) is 0.667. The van der Waals surface area contributed by atoms with Crippen LogP contribution in [0.15, 0.2) is 5.11 Å². The molecule has 0 aliphatic heterocycles. The van der Waals surface area contributed by atoms with Crippen molar-refractivity contribution in [2.45, 2.75) is 0 Å². The van der Waals surface area contributed by atoms with Gasteiger partial charge in [0.05, 0.1) is 0 Å². The number of nitrogens with one attached hydrogen (secondary N) is 2. The van der Waals surface area contributed by atoms with Gasteiger partial charge in [-0.3, -0.25) is 0 Å². The summed E-state index contributed by atoms with van der Waals surface area (Å²) in [5, 5.41) is 13.3. The predicted molar refractivity (Wildman–Crippen MR) is 28.2 cm³/mol. The third-order valence-electron chi connectivity index (χ3n) is 0.559.